The van der Waals surface area contributed by atoms with E-state index in [0.29, 0.717) is 10.6 Å². The normalized spacial score (nSPS) is 11.9. The number of nitrogens with zero attached hydrogens (tertiary/aromatic N) is 1. The van der Waals surface area contributed by atoms with Crippen molar-refractivity contribution in [3.63, 3.8) is 0 Å². The lowest BCUT2D eigenvalue weighted by Gasteiger charge is -2.14. The first-order valence-corrected chi connectivity index (χ1v) is 6.82. The molecule has 0 radical (unpaired) electrons. The van der Waals surface area contributed by atoms with Crippen molar-refractivity contribution in [2.75, 3.05) is 5.32 Å². The maximum Gasteiger partial charge on any atom is 0.101 e. The summed E-state index contributed by atoms with van der Waals surface area (Å²) in [5, 5.41) is 12.8. The Labute approximate surface area is 116 Å². The van der Waals surface area contributed by atoms with Gasteiger partial charge < -0.3 is 5.32 Å². The van der Waals surface area contributed by atoms with Crippen LogP contribution in [0.4, 0.5) is 5.69 Å². The summed E-state index contributed by atoms with van der Waals surface area (Å²) in [4.78, 5) is 2.58. The topological polar surface area (TPSA) is 35.8 Å². The van der Waals surface area contributed by atoms with Crippen molar-refractivity contribution in [1.82, 2.24) is 0 Å². The van der Waals surface area contributed by atoms with Gasteiger partial charge >= 0.3 is 0 Å². The number of hydrogen-bond acceptors (Lipinski definition) is 3. The summed E-state index contributed by atoms with van der Waals surface area (Å²) >= 11 is 7.68. The summed E-state index contributed by atoms with van der Waals surface area (Å²) in [6.45, 7) is 4.20. The zero-order chi connectivity index (χ0) is 13.1. The maximum atomic E-state index is 8.94. The van der Waals surface area contributed by atoms with Gasteiger partial charge in [0.05, 0.1) is 16.6 Å². The van der Waals surface area contributed by atoms with Crippen molar-refractivity contribution in [3.05, 3.63) is 50.7 Å². The van der Waals surface area contributed by atoms with Crippen LogP contribution in [0.25, 0.3) is 0 Å². The largest absolute Gasteiger partial charge is 0.378 e. The molecular weight excluding hydrogens is 264 g/mol. The number of nitrogens with one attached hydrogen (secondary N) is 1. The van der Waals surface area contributed by atoms with Gasteiger partial charge in [0.25, 0.3) is 0 Å². The van der Waals surface area contributed by atoms with Crippen LogP contribution in [-0.2, 0) is 0 Å². The van der Waals surface area contributed by atoms with Crippen molar-refractivity contribution in [1.29, 1.82) is 5.26 Å². The second-order valence-electron chi connectivity index (χ2n) is 4.12. The van der Waals surface area contributed by atoms with E-state index in [0.717, 1.165) is 5.69 Å². The average Bonchev–Trinajstić information content (AvgIpc) is 2.78. The van der Waals surface area contributed by atoms with Crippen LogP contribution in [0.1, 0.15) is 28.3 Å². The zero-order valence-electron chi connectivity index (χ0n) is 10.2. The number of thiophene rings is 1. The quantitative estimate of drug-likeness (QED) is 0.878. The summed E-state index contributed by atoms with van der Waals surface area (Å²) in [5.74, 6) is 0. The standard InChI is InChI=1S/C14H13ClN2S/c1-9-3-6-14(18-9)10(2)17-12-4-5-13(15)11(7-12)8-16/h3-7,10,17H,1-2H3. The van der Waals surface area contributed by atoms with Crippen LogP contribution in [0.5, 0.6) is 0 Å². The van der Waals surface area contributed by atoms with Gasteiger partial charge in [0.1, 0.15) is 6.07 Å². The molecule has 1 aromatic heterocycles. The Bertz CT molecular complexity index is 598. The molecule has 0 bridgehead atoms. The molecule has 92 valence electrons. The second kappa shape index (κ2) is 5.43. The molecule has 2 nitrogen and oxygen atoms in total. The molecule has 2 rings (SSSR count). The van der Waals surface area contributed by atoms with Crippen LogP contribution in [0.15, 0.2) is 30.3 Å². The molecule has 0 aliphatic heterocycles. The van der Waals surface area contributed by atoms with E-state index in [1.165, 1.54) is 9.75 Å². The highest BCUT2D eigenvalue weighted by Gasteiger charge is 2.08. The molecule has 1 N–H and O–H groups in total. The Balaban J connectivity index is 2.17. The predicted octanol–water partition coefficient (Wildman–Crippen LogP) is 4.75. The minimum atomic E-state index is 0.219. The first-order chi connectivity index (χ1) is 8.60. The third-order valence-electron chi connectivity index (χ3n) is 2.66. The predicted molar refractivity (Wildman–Crippen MR) is 77.3 cm³/mol. The van der Waals surface area contributed by atoms with Crippen molar-refractivity contribution >= 4 is 28.6 Å². The molecule has 1 atom stereocenters. The van der Waals surface area contributed by atoms with E-state index in [1.54, 1.807) is 23.5 Å². The fourth-order valence-corrected chi connectivity index (χ4v) is 2.75. The van der Waals surface area contributed by atoms with Gasteiger partial charge in [-0.25, -0.2) is 0 Å². The number of aryl methyl sites for hydroxylation is 1. The van der Waals surface area contributed by atoms with E-state index in [-0.39, 0.29) is 6.04 Å². The van der Waals surface area contributed by atoms with Gasteiger partial charge in [0.2, 0.25) is 0 Å². The lowest BCUT2D eigenvalue weighted by Crippen LogP contribution is -2.04. The van der Waals surface area contributed by atoms with Crippen molar-refractivity contribution in [2.24, 2.45) is 0 Å². The van der Waals surface area contributed by atoms with Crippen LogP contribution in [0.2, 0.25) is 5.02 Å². The van der Waals surface area contributed by atoms with Crippen molar-refractivity contribution in [3.8, 4) is 6.07 Å². The molecule has 0 aliphatic carbocycles. The number of nitriles is 1. The molecule has 0 aliphatic rings. The molecule has 0 spiro atoms. The molecule has 0 saturated carbocycles. The fourth-order valence-electron chi connectivity index (χ4n) is 1.71. The van der Waals surface area contributed by atoms with Gasteiger partial charge in [-0.3, -0.25) is 0 Å². The number of hydrogen-bond donors (Lipinski definition) is 1. The summed E-state index contributed by atoms with van der Waals surface area (Å²) in [6.07, 6.45) is 0. The minimum Gasteiger partial charge on any atom is -0.378 e. The molecule has 1 unspecified atom stereocenters. The molecule has 2 aromatic rings. The summed E-state index contributed by atoms with van der Waals surface area (Å²) < 4.78 is 0. The summed E-state index contributed by atoms with van der Waals surface area (Å²) in [6, 6.07) is 11.9. The second-order valence-corrected chi connectivity index (χ2v) is 5.85. The van der Waals surface area contributed by atoms with E-state index in [4.69, 9.17) is 16.9 Å². The number of benzene rings is 1. The van der Waals surface area contributed by atoms with E-state index < -0.39 is 0 Å². The Morgan fingerprint density at radius 1 is 1.33 bits per heavy atom. The Morgan fingerprint density at radius 2 is 2.11 bits per heavy atom. The monoisotopic (exact) mass is 276 g/mol. The average molecular weight is 277 g/mol. The molecule has 4 heteroatoms. The molecule has 0 fully saturated rings. The highest BCUT2D eigenvalue weighted by atomic mass is 35.5. The fraction of sp³-hybridized carbons (Fsp3) is 0.214. The third-order valence-corrected chi connectivity index (χ3v) is 4.17. The van der Waals surface area contributed by atoms with Gasteiger partial charge in [-0.1, -0.05) is 11.6 Å². The van der Waals surface area contributed by atoms with Gasteiger partial charge in [0, 0.05) is 15.4 Å². The maximum absolute atomic E-state index is 8.94. The van der Waals surface area contributed by atoms with Crippen molar-refractivity contribution < 1.29 is 0 Å². The first kappa shape index (κ1) is 12.9. The summed E-state index contributed by atoms with van der Waals surface area (Å²) in [7, 11) is 0. The Morgan fingerprint density at radius 3 is 2.72 bits per heavy atom. The van der Waals surface area contributed by atoms with E-state index in [2.05, 4.69) is 37.4 Å². The van der Waals surface area contributed by atoms with Crippen molar-refractivity contribution in [2.45, 2.75) is 19.9 Å². The SMILES string of the molecule is Cc1ccc(C(C)Nc2ccc(Cl)c(C#N)c2)s1. The van der Waals surface area contributed by atoms with Gasteiger partial charge in [-0.2, -0.15) is 5.26 Å². The number of anilines is 1. The smallest absolute Gasteiger partial charge is 0.101 e. The van der Waals surface area contributed by atoms with Gasteiger partial charge in [-0.15, -0.1) is 11.3 Å². The first-order valence-electron chi connectivity index (χ1n) is 5.62. The van der Waals surface area contributed by atoms with E-state index >= 15 is 0 Å². The zero-order valence-corrected chi connectivity index (χ0v) is 11.8. The molecule has 1 heterocycles. The van der Waals surface area contributed by atoms with Crippen LogP contribution < -0.4 is 5.32 Å². The Kier molecular flexibility index (Phi) is 3.90. The molecule has 0 amide bonds. The molecule has 0 saturated heterocycles. The number of rotatable bonds is 3. The summed E-state index contributed by atoms with van der Waals surface area (Å²) in [5.41, 5.74) is 1.41. The highest BCUT2D eigenvalue weighted by molar-refractivity contribution is 7.12. The molecule has 1 aromatic carbocycles. The van der Waals surface area contributed by atoms with Crippen LogP contribution in [0.3, 0.4) is 0 Å². The lowest BCUT2D eigenvalue weighted by atomic mass is 10.2. The van der Waals surface area contributed by atoms with Crippen LogP contribution in [0, 0.1) is 18.3 Å². The molecule has 18 heavy (non-hydrogen) atoms. The third kappa shape index (κ3) is 2.84. The van der Waals surface area contributed by atoms with Crippen LogP contribution >= 0.6 is 22.9 Å². The Hall–Kier alpha value is -1.50. The minimum absolute atomic E-state index is 0.219. The van der Waals surface area contributed by atoms with Gasteiger partial charge in [0.15, 0.2) is 0 Å². The number of halogens is 1. The van der Waals surface area contributed by atoms with Crippen LogP contribution in [-0.4, -0.2) is 0 Å². The van der Waals surface area contributed by atoms with E-state index in [9.17, 15) is 0 Å². The highest BCUT2D eigenvalue weighted by Crippen LogP contribution is 2.27. The lowest BCUT2D eigenvalue weighted by molar-refractivity contribution is 0.908. The van der Waals surface area contributed by atoms with E-state index in [1.807, 2.05) is 6.07 Å². The van der Waals surface area contributed by atoms with Gasteiger partial charge in [-0.05, 0) is 44.2 Å². The molecular formula is C14H13ClN2S.